The average molecular weight is 534 g/mol. The summed E-state index contributed by atoms with van der Waals surface area (Å²) in [7, 11) is 0. The van der Waals surface area contributed by atoms with Gasteiger partial charge in [0.05, 0.1) is 5.69 Å². The number of nitrogens with zero attached hydrogens (tertiary/aromatic N) is 5. The van der Waals surface area contributed by atoms with Crippen LogP contribution in [0.3, 0.4) is 0 Å². The number of aromatic nitrogens is 3. The maximum atomic E-state index is 13.8. The van der Waals surface area contributed by atoms with Crippen LogP contribution in [0, 0.1) is 18.7 Å². The first-order valence-corrected chi connectivity index (χ1v) is 13.4. The van der Waals surface area contributed by atoms with Crippen LogP contribution in [0.2, 0.25) is 0 Å². The Morgan fingerprint density at radius 3 is 2.59 bits per heavy atom. The summed E-state index contributed by atoms with van der Waals surface area (Å²) < 4.78 is 21.6. The fraction of sp³-hybridized carbons (Fsp3) is 0.414. The molecule has 1 aromatic carbocycles. The Hall–Kier alpha value is -3.76. The molecule has 10 heteroatoms. The van der Waals surface area contributed by atoms with Crippen molar-refractivity contribution in [3.05, 3.63) is 70.8 Å². The van der Waals surface area contributed by atoms with E-state index in [2.05, 4.69) is 6.08 Å². The standard InChI is InChI=1S/C29H32FN5O4/c1-3-33-27-25(28(37)34(29(33)38)11-4-12-36)35(16-18-5-7-21(30)8-6-18)26(32-27)23-9-10-24(31-17(23)2)39-22-14-19-13-20(19)15-22/h5-10,13,19,22,29,36,38H,3-4,11-12,14-16H2,1-2H3/t19-,22?,29?/m1/s1. The highest BCUT2D eigenvalue weighted by Gasteiger charge is 2.41. The number of benzene rings is 1. The molecule has 1 saturated carbocycles. The van der Waals surface area contributed by atoms with E-state index >= 15 is 0 Å². The minimum Gasteiger partial charge on any atom is -0.474 e. The molecule has 2 N–H and O–H groups in total. The number of ether oxygens (including phenoxy) is 1. The van der Waals surface area contributed by atoms with Crippen LogP contribution in [-0.4, -0.2) is 67.7 Å². The van der Waals surface area contributed by atoms with Crippen molar-refractivity contribution in [3.63, 3.8) is 0 Å². The van der Waals surface area contributed by atoms with E-state index in [9.17, 15) is 19.4 Å². The van der Waals surface area contributed by atoms with Gasteiger partial charge in [-0.05, 0) is 50.5 Å². The summed E-state index contributed by atoms with van der Waals surface area (Å²) in [5.41, 5.74) is 4.03. The maximum absolute atomic E-state index is 13.8. The summed E-state index contributed by atoms with van der Waals surface area (Å²) in [6, 6.07) is 9.87. The van der Waals surface area contributed by atoms with Crippen LogP contribution in [-0.2, 0) is 6.54 Å². The minimum absolute atomic E-state index is 0.103. The third-order valence-electron chi connectivity index (χ3n) is 7.75. The number of pyridine rings is 1. The zero-order valence-corrected chi connectivity index (χ0v) is 22.0. The molecule has 3 aliphatic rings. The van der Waals surface area contributed by atoms with Gasteiger partial charge in [0.2, 0.25) is 12.2 Å². The molecule has 1 aliphatic heterocycles. The second kappa shape index (κ2) is 10.1. The lowest BCUT2D eigenvalue weighted by atomic mass is 10.1. The minimum atomic E-state index is -1.20. The van der Waals surface area contributed by atoms with Crippen LogP contribution in [0.15, 0.2) is 48.0 Å². The van der Waals surface area contributed by atoms with E-state index in [-0.39, 0.29) is 37.5 Å². The number of halogens is 1. The summed E-state index contributed by atoms with van der Waals surface area (Å²) in [6.07, 6.45) is 3.50. The molecule has 0 radical (unpaired) electrons. The summed E-state index contributed by atoms with van der Waals surface area (Å²) >= 11 is 0. The number of fused-ring (bicyclic) bond motifs is 2. The lowest BCUT2D eigenvalue weighted by Gasteiger charge is -2.40. The van der Waals surface area contributed by atoms with Crippen molar-refractivity contribution >= 4 is 11.7 Å². The highest BCUT2D eigenvalue weighted by Crippen LogP contribution is 2.45. The SMILES string of the molecule is CCN1c2nc(-c3ccc(OC4CC5=C[C@@H]5C4)nc3C)n(Cc3ccc(F)cc3)c2C(=O)N(CCCO)C1O. The molecule has 3 atom stereocenters. The number of carbonyl (C=O) groups excluding carboxylic acids is 1. The van der Waals surface area contributed by atoms with Gasteiger partial charge in [-0.2, -0.15) is 0 Å². The van der Waals surface area contributed by atoms with Gasteiger partial charge in [-0.25, -0.2) is 14.4 Å². The first kappa shape index (κ1) is 25.5. The highest BCUT2D eigenvalue weighted by molar-refractivity contribution is 6.00. The van der Waals surface area contributed by atoms with Crippen LogP contribution in [0.5, 0.6) is 5.88 Å². The topological polar surface area (TPSA) is 104 Å². The van der Waals surface area contributed by atoms with Gasteiger partial charge in [-0.1, -0.05) is 23.8 Å². The van der Waals surface area contributed by atoms with Gasteiger partial charge >= 0.3 is 0 Å². The Morgan fingerprint density at radius 1 is 1.13 bits per heavy atom. The first-order valence-electron chi connectivity index (χ1n) is 13.4. The third-order valence-corrected chi connectivity index (χ3v) is 7.75. The number of allylic oxidation sites excluding steroid dienone is 1. The van der Waals surface area contributed by atoms with Gasteiger partial charge in [0.1, 0.15) is 17.7 Å². The lowest BCUT2D eigenvalue weighted by Crippen LogP contribution is -2.56. The van der Waals surface area contributed by atoms with E-state index in [0.717, 1.165) is 24.0 Å². The molecule has 1 amide bonds. The van der Waals surface area contributed by atoms with E-state index < -0.39 is 6.35 Å². The summed E-state index contributed by atoms with van der Waals surface area (Å²) in [5.74, 6) is 1.34. The summed E-state index contributed by atoms with van der Waals surface area (Å²) in [5, 5.41) is 20.4. The molecule has 0 saturated heterocycles. The molecule has 2 unspecified atom stereocenters. The fourth-order valence-corrected chi connectivity index (χ4v) is 5.65. The molecule has 1 fully saturated rings. The van der Waals surface area contributed by atoms with Gasteiger partial charge in [-0.3, -0.25) is 9.69 Å². The zero-order chi connectivity index (χ0) is 27.3. The summed E-state index contributed by atoms with van der Waals surface area (Å²) in [6.45, 7) is 4.53. The van der Waals surface area contributed by atoms with Crippen molar-refractivity contribution < 1.29 is 24.1 Å². The number of hydrogen-bond acceptors (Lipinski definition) is 7. The molecule has 3 heterocycles. The quantitative estimate of drug-likeness (QED) is 0.406. The normalized spacial score (nSPS) is 21.6. The van der Waals surface area contributed by atoms with Crippen LogP contribution in [0.1, 0.15) is 47.9 Å². The number of aliphatic hydroxyl groups is 2. The monoisotopic (exact) mass is 533 g/mol. The number of amides is 1. The number of carbonyl (C=O) groups is 1. The van der Waals surface area contributed by atoms with E-state index in [1.54, 1.807) is 17.0 Å². The van der Waals surface area contributed by atoms with Crippen molar-refractivity contribution in [2.45, 2.75) is 52.1 Å². The van der Waals surface area contributed by atoms with E-state index in [4.69, 9.17) is 14.7 Å². The molecule has 3 aromatic rings. The van der Waals surface area contributed by atoms with Crippen molar-refractivity contribution in [3.8, 4) is 17.3 Å². The van der Waals surface area contributed by atoms with Gasteiger partial charge in [0.15, 0.2) is 11.5 Å². The van der Waals surface area contributed by atoms with Crippen molar-refractivity contribution in [2.75, 3.05) is 24.6 Å². The molecule has 2 aromatic heterocycles. The maximum Gasteiger partial charge on any atom is 0.277 e. The molecule has 6 rings (SSSR count). The van der Waals surface area contributed by atoms with Crippen molar-refractivity contribution in [2.24, 2.45) is 5.92 Å². The largest absolute Gasteiger partial charge is 0.474 e. The van der Waals surface area contributed by atoms with Gasteiger partial charge in [0.25, 0.3) is 5.91 Å². The Labute approximate surface area is 226 Å². The predicted molar refractivity (Wildman–Crippen MR) is 143 cm³/mol. The molecule has 204 valence electrons. The molecule has 39 heavy (non-hydrogen) atoms. The van der Waals surface area contributed by atoms with E-state index in [1.807, 2.05) is 30.5 Å². The van der Waals surface area contributed by atoms with Crippen LogP contribution < -0.4 is 9.64 Å². The number of aryl methyl sites for hydroxylation is 1. The van der Waals surface area contributed by atoms with Crippen molar-refractivity contribution in [1.82, 2.24) is 19.4 Å². The molecular weight excluding hydrogens is 501 g/mol. The third kappa shape index (κ3) is 4.68. The van der Waals surface area contributed by atoms with Gasteiger partial charge in [-0.15, -0.1) is 0 Å². The Morgan fingerprint density at radius 2 is 1.92 bits per heavy atom. The second-order valence-corrected chi connectivity index (χ2v) is 10.3. The van der Waals surface area contributed by atoms with Gasteiger partial charge in [0, 0.05) is 50.2 Å². The Balaban J connectivity index is 1.42. The Bertz CT molecular complexity index is 1440. The van der Waals surface area contributed by atoms with Crippen LogP contribution >= 0.6 is 0 Å². The zero-order valence-electron chi connectivity index (χ0n) is 22.0. The highest BCUT2D eigenvalue weighted by atomic mass is 19.1. The molecule has 0 bridgehead atoms. The van der Waals surface area contributed by atoms with E-state index in [0.29, 0.717) is 47.8 Å². The Kier molecular flexibility index (Phi) is 6.60. The van der Waals surface area contributed by atoms with Crippen LogP contribution in [0.4, 0.5) is 10.2 Å². The number of anilines is 1. The number of imidazole rings is 1. The molecule has 2 aliphatic carbocycles. The lowest BCUT2D eigenvalue weighted by molar-refractivity contribution is -0.00104. The fourth-order valence-electron chi connectivity index (χ4n) is 5.65. The smallest absolute Gasteiger partial charge is 0.277 e. The summed E-state index contributed by atoms with van der Waals surface area (Å²) in [4.78, 5) is 26.4. The first-order chi connectivity index (χ1) is 18.9. The number of aliphatic hydroxyl groups excluding tert-OH is 2. The molecular formula is C29H32FN5O4. The number of rotatable bonds is 9. The van der Waals surface area contributed by atoms with Crippen molar-refractivity contribution in [1.29, 1.82) is 0 Å². The van der Waals surface area contributed by atoms with Crippen LogP contribution in [0.25, 0.3) is 11.4 Å². The predicted octanol–water partition coefficient (Wildman–Crippen LogP) is 3.48. The molecule has 0 spiro atoms. The second-order valence-electron chi connectivity index (χ2n) is 10.3. The average Bonchev–Trinajstić information content (AvgIpc) is 3.36. The molecule has 9 nitrogen and oxygen atoms in total. The van der Waals surface area contributed by atoms with E-state index in [1.165, 1.54) is 22.6 Å². The van der Waals surface area contributed by atoms with Gasteiger partial charge < -0.3 is 24.4 Å². The number of hydrogen-bond donors (Lipinski definition) is 2.